The van der Waals surface area contributed by atoms with Crippen LogP contribution in [0.3, 0.4) is 0 Å². The highest BCUT2D eigenvalue weighted by Crippen LogP contribution is 2.23. The molecule has 2 aliphatic rings. The van der Waals surface area contributed by atoms with Crippen LogP contribution in [0.15, 0.2) is 0 Å². The van der Waals surface area contributed by atoms with Crippen LogP contribution in [0.4, 0.5) is 4.79 Å². The van der Waals surface area contributed by atoms with Crippen molar-refractivity contribution in [1.82, 2.24) is 16.0 Å². The normalized spacial score (nSPS) is 23.8. The number of rotatable bonds is 8. The monoisotopic (exact) mass is 355 g/mol. The first-order valence-electron chi connectivity index (χ1n) is 9.14. The molecule has 1 unspecified atom stereocenters. The Kier molecular flexibility index (Phi) is 7.49. The van der Waals surface area contributed by atoms with Crippen LogP contribution >= 0.6 is 0 Å². The van der Waals surface area contributed by atoms with E-state index in [0.717, 1.165) is 25.7 Å². The van der Waals surface area contributed by atoms with Crippen LogP contribution in [0, 0.1) is 0 Å². The van der Waals surface area contributed by atoms with Gasteiger partial charge in [-0.15, -0.1) is 0 Å². The van der Waals surface area contributed by atoms with E-state index in [2.05, 4.69) is 16.0 Å². The summed E-state index contributed by atoms with van der Waals surface area (Å²) in [6, 6.07) is 0.0779. The molecule has 8 nitrogen and oxygen atoms in total. The number of aliphatic carboxylic acids is 1. The molecule has 0 bridgehead atoms. The van der Waals surface area contributed by atoms with Gasteiger partial charge in [0.1, 0.15) is 0 Å². The van der Waals surface area contributed by atoms with Gasteiger partial charge in [-0.05, 0) is 25.7 Å². The maximum absolute atomic E-state index is 12.1. The van der Waals surface area contributed by atoms with Crippen molar-refractivity contribution >= 4 is 17.9 Å². The van der Waals surface area contributed by atoms with Crippen LogP contribution in [-0.2, 0) is 14.3 Å². The predicted octanol–water partition coefficient (Wildman–Crippen LogP) is 1.15. The summed E-state index contributed by atoms with van der Waals surface area (Å²) in [5.41, 5.74) is -0.797. The molecule has 142 valence electrons. The van der Waals surface area contributed by atoms with Crippen molar-refractivity contribution < 1.29 is 24.2 Å². The number of urea groups is 1. The SMILES string of the molecule is O=C(O)CC1(NC(=O)CCCNC(=O)NC2CCCCC2)CCOC1. The fourth-order valence-electron chi connectivity index (χ4n) is 3.47. The lowest BCUT2D eigenvalue weighted by atomic mass is 9.94. The molecule has 2 fully saturated rings. The molecule has 2 rings (SSSR count). The van der Waals surface area contributed by atoms with Crippen LogP contribution in [0.1, 0.15) is 57.8 Å². The van der Waals surface area contributed by atoms with Crippen molar-refractivity contribution in [3.63, 3.8) is 0 Å². The minimum absolute atomic E-state index is 0.138. The summed E-state index contributed by atoms with van der Waals surface area (Å²) in [4.78, 5) is 34.8. The number of carboxylic acids is 1. The van der Waals surface area contributed by atoms with Crippen LogP contribution < -0.4 is 16.0 Å². The van der Waals surface area contributed by atoms with E-state index in [4.69, 9.17) is 9.84 Å². The minimum atomic E-state index is -0.952. The second kappa shape index (κ2) is 9.60. The molecule has 0 aromatic heterocycles. The number of carbonyl (C=O) groups excluding carboxylic acids is 2. The van der Waals surface area contributed by atoms with E-state index in [1.165, 1.54) is 6.42 Å². The van der Waals surface area contributed by atoms with Crippen molar-refractivity contribution in [2.45, 2.75) is 69.4 Å². The summed E-state index contributed by atoms with van der Waals surface area (Å²) < 4.78 is 5.25. The van der Waals surface area contributed by atoms with Crippen molar-refractivity contribution in [2.24, 2.45) is 0 Å². The fraction of sp³-hybridized carbons (Fsp3) is 0.824. The summed E-state index contributed by atoms with van der Waals surface area (Å²) in [7, 11) is 0. The first-order valence-corrected chi connectivity index (χ1v) is 9.14. The summed E-state index contributed by atoms with van der Waals surface area (Å²) >= 11 is 0. The van der Waals surface area contributed by atoms with Gasteiger partial charge in [0, 0.05) is 25.6 Å². The van der Waals surface area contributed by atoms with E-state index in [0.29, 0.717) is 26.0 Å². The predicted molar refractivity (Wildman–Crippen MR) is 91.2 cm³/mol. The fourth-order valence-corrected chi connectivity index (χ4v) is 3.47. The average molecular weight is 355 g/mol. The van der Waals surface area contributed by atoms with E-state index in [-0.39, 0.29) is 37.4 Å². The Balaban J connectivity index is 1.61. The first-order chi connectivity index (χ1) is 12.0. The molecule has 1 atom stereocenters. The first kappa shape index (κ1) is 19.5. The van der Waals surface area contributed by atoms with Gasteiger partial charge in [-0.1, -0.05) is 19.3 Å². The standard InChI is InChI=1S/C17H29N3O5/c21-14(20-17(11-15(22)23)8-10-25-12-17)7-4-9-18-16(24)19-13-5-2-1-3-6-13/h13H,1-12H2,(H,20,21)(H,22,23)(H2,18,19,24). The highest BCUT2D eigenvalue weighted by Gasteiger charge is 2.38. The zero-order chi connectivity index (χ0) is 18.1. The lowest BCUT2D eigenvalue weighted by Gasteiger charge is -2.27. The Labute approximate surface area is 148 Å². The number of hydrogen-bond acceptors (Lipinski definition) is 4. The van der Waals surface area contributed by atoms with Gasteiger partial charge in [0.25, 0.3) is 0 Å². The van der Waals surface area contributed by atoms with Crippen molar-refractivity contribution in [2.75, 3.05) is 19.8 Å². The van der Waals surface area contributed by atoms with Crippen LogP contribution in [0.5, 0.6) is 0 Å². The molecule has 0 radical (unpaired) electrons. The Morgan fingerprint density at radius 2 is 1.92 bits per heavy atom. The second-order valence-corrected chi connectivity index (χ2v) is 7.04. The van der Waals surface area contributed by atoms with Crippen LogP contribution in [0.25, 0.3) is 0 Å². The molecule has 8 heteroatoms. The van der Waals surface area contributed by atoms with E-state index in [9.17, 15) is 14.4 Å². The molecule has 0 aromatic carbocycles. The summed E-state index contributed by atoms with van der Waals surface area (Å²) in [6.45, 7) is 1.10. The number of carbonyl (C=O) groups is 3. The number of amides is 3. The zero-order valence-corrected chi connectivity index (χ0v) is 14.6. The summed E-state index contributed by atoms with van der Waals surface area (Å²) in [5.74, 6) is -1.16. The summed E-state index contributed by atoms with van der Waals surface area (Å²) in [6.07, 6.45) is 6.74. The lowest BCUT2D eigenvalue weighted by Crippen LogP contribution is -2.50. The van der Waals surface area contributed by atoms with Crippen molar-refractivity contribution in [3.8, 4) is 0 Å². The maximum Gasteiger partial charge on any atom is 0.315 e. The minimum Gasteiger partial charge on any atom is -0.481 e. The van der Waals surface area contributed by atoms with Gasteiger partial charge in [0.2, 0.25) is 5.91 Å². The summed E-state index contributed by atoms with van der Waals surface area (Å²) in [5, 5.41) is 17.5. The smallest absolute Gasteiger partial charge is 0.315 e. The van der Waals surface area contributed by atoms with E-state index in [1.807, 2.05) is 0 Å². The highest BCUT2D eigenvalue weighted by molar-refractivity contribution is 5.78. The molecule has 1 heterocycles. The van der Waals surface area contributed by atoms with Crippen molar-refractivity contribution in [3.05, 3.63) is 0 Å². The van der Waals surface area contributed by atoms with Crippen LogP contribution in [-0.4, -0.2) is 54.4 Å². The Morgan fingerprint density at radius 1 is 1.16 bits per heavy atom. The number of carboxylic acid groups (broad SMARTS) is 1. The van der Waals surface area contributed by atoms with Gasteiger partial charge in [-0.2, -0.15) is 0 Å². The molecule has 3 amide bonds. The van der Waals surface area contributed by atoms with Crippen LogP contribution in [0.2, 0.25) is 0 Å². The van der Waals surface area contributed by atoms with Crippen molar-refractivity contribution in [1.29, 1.82) is 0 Å². The molecule has 0 aromatic rings. The molecular formula is C17H29N3O5. The average Bonchev–Trinajstić information content (AvgIpc) is 2.99. The molecule has 1 aliphatic heterocycles. The maximum atomic E-state index is 12.1. The van der Waals surface area contributed by atoms with E-state index >= 15 is 0 Å². The topological polar surface area (TPSA) is 117 Å². The van der Waals surface area contributed by atoms with Gasteiger partial charge >= 0.3 is 12.0 Å². The van der Waals surface area contributed by atoms with Gasteiger partial charge < -0.3 is 25.8 Å². The van der Waals surface area contributed by atoms with E-state index in [1.54, 1.807) is 0 Å². The zero-order valence-electron chi connectivity index (χ0n) is 14.6. The lowest BCUT2D eigenvalue weighted by molar-refractivity contribution is -0.139. The molecule has 1 aliphatic carbocycles. The number of hydrogen-bond donors (Lipinski definition) is 4. The number of ether oxygens (including phenoxy) is 1. The third kappa shape index (κ3) is 6.89. The molecule has 0 spiro atoms. The molecule has 1 saturated carbocycles. The van der Waals surface area contributed by atoms with Gasteiger partial charge in [0.15, 0.2) is 0 Å². The molecule has 1 saturated heterocycles. The molecular weight excluding hydrogens is 326 g/mol. The van der Waals surface area contributed by atoms with Gasteiger partial charge in [0.05, 0.1) is 18.6 Å². The Morgan fingerprint density at radius 3 is 2.56 bits per heavy atom. The third-order valence-electron chi connectivity index (χ3n) is 4.80. The molecule has 25 heavy (non-hydrogen) atoms. The van der Waals surface area contributed by atoms with E-state index < -0.39 is 11.5 Å². The largest absolute Gasteiger partial charge is 0.481 e. The Bertz CT molecular complexity index is 471. The highest BCUT2D eigenvalue weighted by atomic mass is 16.5. The third-order valence-corrected chi connectivity index (χ3v) is 4.80. The molecule has 4 N–H and O–H groups in total. The quantitative estimate of drug-likeness (QED) is 0.487. The van der Waals surface area contributed by atoms with Gasteiger partial charge in [-0.25, -0.2) is 4.79 Å². The van der Waals surface area contributed by atoms with Gasteiger partial charge in [-0.3, -0.25) is 9.59 Å². The Hall–Kier alpha value is -1.83. The second-order valence-electron chi connectivity index (χ2n) is 7.04. The number of nitrogens with one attached hydrogen (secondary N) is 3.